The molecule has 0 spiro atoms. The topological polar surface area (TPSA) is 17.8 Å². The number of nitrogens with zero attached hydrogens (tertiary/aromatic N) is 2. The molecule has 2 heteroatoms. The van der Waals surface area contributed by atoms with Crippen molar-refractivity contribution < 1.29 is 0 Å². The first-order chi connectivity index (χ1) is 6.20. The molecule has 0 saturated carbocycles. The monoisotopic (exact) mass is 176 g/mol. The Morgan fingerprint density at radius 1 is 1.15 bits per heavy atom. The molecule has 0 N–H and O–H groups in total. The lowest BCUT2D eigenvalue weighted by Gasteiger charge is -2.00. The molecule has 0 amide bonds. The van der Waals surface area contributed by atoms with E-state index in [0.29, 0.717) is 5.92 Å². The number of hydrogen-bond acceptors (Lipinski definition) is 1. The summed E-state index contributed by atoms with van der Waals surface area (Å²) in [6.45, 7) is 4.35. The van der Waals surface area contributed by atoms with Crippen LogP contribution in [0, 0.1) is 0 Å². The highest BCUT2D eigenvalue weighted by Crippen LogP contribution is 2.10. The van der Waals surface area contributed by atoms with Gasteiger partial charge in [0.05, 0.1) is 0 Å². The maximum absolute atomic E-state index is 4.11. The van der Waals surface area contributed by atoms with E-state index in [1.54, 1.807) is 6.20 Å². The van der Waals surface area contributed by atoms with Crippen molar-refractivity contribution in [3.8, 4) is 0 Å². The molecule has 13 heavy (non-hydrogen) atoms. The van der Waals surface area contributed by atoms with Crippen LogP contribution in [-0.2, 0) is 7.05 Å². The summed E-state index contributed by atoms with van der Waals surface area (Å²) in [5.41, 5.74) is 1.29. The molecule has 0 unspecified atom stereocenters. The molecule has 0 aromatic carbocycles. The quantitative estimate of drug-likeness (QED) is 0.643. The van der Waals surface area contributed by atoms with Gasteiger partial charge < -0.3 is 4.57 Å². The maximum atomic E-state index is 4.11. The highest BCUT2D eigenvalue weighted by Gasteiger charge is 1.93. The molecule has 1 aromatic rings. The Hall–Kier alpha value is -1.31. The summed E-state index contributed by atoms with van der Waals surface area (Å²) in [5.74, 6) is 0.536. The van der Waals surface area contributed by atoms with Crippen LogP contribution < -0.4 is 0 Å². The van der Waals surface area contributed by atoms with E-state index in [2.05, 4.69) is 24.9 Å². The minimum absolute atomic E-state index is 0.536. The summed E-state index contributed by atoms with van der Waals surface area (Å²) in [6.07, 6.45) is 7.57. The van der Waals surface area contributed by atoms with E-state index in [1.165, 1.54) is 5.56 Å². The van der Waals surface area contributed by atoms with Gasteiger partial charge in [-0.15, -0.1) is 0 Å². The van der Waals surface area contributed by atoms with Crippen molar-refractivity contribution in [3.05, 3.63) is 42.5 Å². The van der Waals surface area contributed by atoms with E-state index in [0.717, 1.165) is 0 Å². The first-order valence-corrected chi connectivity index (χ1v) is 4.50. The molecule has 0 radical (unpaired) electrons. The fourth-order valence-corrected chi connectivity index (χ4v) is 1.02. The van der Waals surface area contributed by atoms with Crippen LogP contribution in [0.15, 0.2) is 36.9 Å². The number of aryl methyl sites for hydroxylation is 1. The van der Waals surface area contributed by atoms with Crippen LogP contribution in [0.2, 0.25) is 0 Å². The van der Waals surface area contributed by atoms with Gasteiger partial charge in [-0.2, -0.15) is 0 Å². The predicted octanol–water partition coefficient (Wildman–Crippen LogP) is 2.67. The van der Waals surface area contributed by atoms with Crippen molar-refractivity contribution in [2.45, 2.75) is 19.8 Å². The summed E-state index contributed by atoms with van der Waals surface area (Å²) in [7, 11) is 1.99. The van der Waals surface area contributed by atoms with Gasteiger partial charge in [0, 0.05) is 31.8 Å². The van der Waals surface area contributed by atoms with Gasteiger partial charge in [-0.1, -0.05) is 13.8 Å². The Bertz CT molecular complexity index is 312. The van der Waals surface area contributed by atoms with Gasteiger partial charge in [0.15, 0.2) is 0 Å². The van der Waals surface area contributed by atoms with Crippen LogP contribution >= 0.6 is 0 Å². The van der Waals surface area contributed by atoms with E-state index < -0.39 is 0 Å². The van der Waals surface area contributed by atoms with Gasteiger partial charge in [0.25, 0.3) is 0 Å². The van der Waals surface area contributed by atoms with E-state index in [4.69, 9.17) is 0 Å². The van der Waals surface area contributed by atoms with Crippen LogP contribution in [0.4, 0.5) is 0 Å². The molecule has 1 aromatic heterocycles. The van der Waals surface area contributed by atoms with Crippen molar-refractivity contribution in [2.24, 2.45) is 7.05 Å². The zero-order valence-electron chi connectivity index (χ0n) is 8.44. The van der Waals surface area contributed by atoms with Crippen LogP contribution in [-0.4, -0.2) is 9.55 Å². The molecule has 0 aliphatic heterocycles. The molecule has 0 aliphatic carbocycles. The minimum atomic E-state index is 0.536. The van der Waals surface area contributed by atoms with Crippen LogP contribution in [0.25, 0.3) is 0 Å². The van der Waals surface area contributed by atoms with Crippen LogP contribution in [0.5, 0.6) is 0 Å². The van der Waals surface area contributed by atoms with Crippen molar-refractivity contribution in [2.75, 3.05) is 0 Å². The third-order valence-electron chi connectivity index (χ3n) is 1.91. The molecule has 0 atom stereocenters. The highest BCUT2D eigenvalue weighted by atomic mass is 14.9. The summed E-state index contributed by atoms with van der Waals surface area (Å²) in [5, 5.41) is 0. The van der Waals surface area contributed by atoms with Gasteiger partial charge in [-0.25, -0.2) is 0 Å². The standard InChI is InChI=1S/C11H16N2/c1-10(2)11-4-6-12-7-9-13(3)8-5-11/h4-10H,1-3H3. The normalized spacial score (nSPS) is 9.85. The Balaban J connectivity index is 3.20. The second-order valence-electron chi connectivity index (χ2n) is 3.40. The molecule has 1 rings (SSSR count). The second-order valence-corrected chi connectivity index (χ2v) is 3.40. The summed E-state index contributed by atoms with van der Waals surface area (Å²) in [6, 6.07) is 4.16. The Morgan fingerprint density at radius 2 is 1.92 bits per heavy atom. The molecular formula is C11H16N2. The van der Waals surface area contributed by atoms with Crippen molar-refractivity contribution in [1.29, 1.82) is 0 Å². The van der Waals surface area contributed by atoms with Crippen LogP contribution in [0.1, 0.15) is 25.3 Å². The zero-order valence-corrected chi connectivity index (χ0v) is 8.44. The number of rotatable bonds is 1. The smallest absolute Gasteiger partial charge is 0.0429 e. The molecule has 0 saturated heterocycles. The molecule has 1 heterocycles. The molecule has 0 fully saturated rings. The third-order valence-corrected chi connectivity index (χ3v) is 1.91. The fraction of sp³-hybridized carbons (Fsp3) is 0.364. The lowest BCUT2D eigenvalue weighted by atomic mass is 10.1. The molecule has 2 nitrogen and oxygen atoms in total. The van der Waals surface area contributed by atoms with Gasteiger partial charge in [-0.05, 0) is 23.6 Å². The van der Waals surface area contributed by atoms with Crippen LogP contribution in [0.3, 0.4) is 0 Å². The van der Waals surface area contributed by atoms with Gasteiger partial charge in [0.1, 0.15) is 0 Å². The maximum Gasteiger partial charge on any atom is 0.0429 e. The van der Waals surface area contributed by atoms with Gasteiger partial charge in [0.2, 0.25) is 0 Å². The van der Waals surface area contributed by atoms with Gasteiger partial charge >= 0.3 is 0 Å². The molecule has 0 aliphatic rings. The summed E-state index contributed by atoms with van der Waals surface area (Å²) in [4.78, 5) is 4.11. The lowest BCUT2D eigenvalue weighted by molar-refractivity contribution is 0.858. The number of aromatic nitrogens is 2. The third kappa shape index (κ3) is 3.28. The van der Waals surface area contributed by atoms with E-state index in [9.17, 15) is 0 Å². The SMILES string of the molecule is CC(C)c1ccnccn(C)cc1. The molecule has 0 bridgehead atoms. The summed E-state index contributed by atoms with van der Waals surface area (Å²) < 4.78 is 1.98. The summed E-state index contributed by atoms with van der Waals surface area (Å²) >= 11 is 0. The van der Waals surface area contributed by atoms with E-state index in [-0.39, 0.29) is 0 Å². The number of hydrogen-bond donors (Lipinski definition) is 0. The first-order valence-electron chi connectivity index (χ1n) is 4.50. The Labute approximate surface area is 79.6 Å². The largest absolute Gasteiger partial charge is 0.356 e. The average Bonchev–Trinajstić information content (AvgIpc) is 2.17. The van der Waals surface area contributed by atoms with Gasteiger partial charge in [-0.3, -0.25) is 4.98 Å². The molecule has 70 valence electrons. The highest BCUT2D eigenvalue weighted by molar-refractivity contribution is 5.11. The average molecular weight is 176 g/mol. The first kappa shape index (κ1) is 9.78. The van der Waals surface area contributed by atoms with E-state index >= 15 is 0 Å². The second kappa shape index (κ2) is 4.65. The Morgan fingerprint density at radius 3 is 2.62 bits per heavy atom. The van der Waals surface area contributed by atoms with Crippen molar-refractivity contribution in [1.82, 2.24) is 9.55 Å². The van der Waals surface area contributed by atoms with Crippen molar-refractivity contribution in [3.63, 3.8) is 0 Å². The lowest BCUT2D eigenvalue weighted by Crippen LogP contribution is -1.85. The predicted molar refractivity (Wildman–Crippen MR) is 54.9 cm³/mol. The van der Waals surface area contributed by atoms with Crippen molar-refractivity contribution >= 4 is 0 Å². The fourth-order valence-electron chi connectivity index (χ4n) is 1.02. The Kier molecular flexibility index (Phi) is 3.50. The molecular weight excluding hydrogens is 160 g/mol. The zero-order chi connectivity index (χ0) is 9.68. The minimum Gasteiger partial charge on any atom is -0.356 e. The van der Waals surface area contributed by atoms with E-state index in [1.807, 2.05) is 36.3 Å².